The average Bonchev–Trinajstić information content (AvgIpc) is 2.32. The first-order chi connectivity index (χ1) is 8.24. The number of amides is 1. The van der Waals surface area contributed by atoms with Gasteiger partial charge in [0.05, 0.1) is 12.1 Å². The van der Waals surface area contributed by atoms with E-state index in [1.165, 1.54) is 0 Å². The van der Waals surface area contributed by atoms with Crippen LogP contribution in [0.25, 0.3) is 0 Å². The van der Waals surface area contributed by atoms with Gasteiger partial charge in [-0.1, -0.05) is 32.6 Å². The van der Waals surface area contributed by atoms with E-state index >= 15 is 0 Å². The van der Waals surface area contributed by atoms with Crippen LogP contribution in [-0.2, 0) is 9.53 Å². The first-order valence-corrected chi connectivity index (χ1v) is 6.79. The summed E-state index contributed by atoms with van der Waals surface area (Å²) in [6.45, 7) is 2.90. The van der Waals surface area contributed by atoms with Crippen LogP contribution in [-0.4, -0.2) is 36.4 Å². The fourth-order valence-electron chi connectivity index (χ4n) is 2.15. The maximum Gasteiger partial charge on any atom is 0.246 e. The van der Waals surface area contributed by atoms with Gasteiger partial charge in [-0.2, -0.15) is 0 Å². The van der Waals surface area contributed by atoms with Gasteiger partial charge >= 0.3 is 0 Å². The van der Waals surface area contributed by atoms with Crippen LogP contribution >= 0.6 is 0 Å². The van der Waals surface area contributed by atoms with Crippen LogP contribution in [0.15, 0.2) is 0 Å². The third-order valence-electron chi connectivity index (χ3n) is 3.20. The SMILES string of the molecule is CCCCCOCC(=O)NC1CCCCC1O. The Morgan fingerprint density at radius 3 is 2.82 bits per heavy atom. The number of rotatable bonds is 7. The highest BCUT2D eigenvalue weighted by molar-refractivity contribution is 5.77. The van der Waals surface area contributed by atoms with Crippen molar-refractivity contribution < 1.29 is 14.6 Å². The highest BCUT2D eigenvalue weighted by atomic mass is 16.5. The molecule has 4 heteroatoms. The zero-order valence-electron chi connectivity index (χ0n) is 10.8. The number of aliphatic hydroxyl groups is 1. The number of hydrogen-bond donors (Lipinski definition) is 2. The Kier molecular flexibility index (Phi) is 7.21. The topological polar surface area (TPSA) is 58.6 Å². The van der Waals surface area contributed by atoms with E-state index in [9.17, 15) is 9.90 Å². The van der Waals surface area contributed by atoms with Crippen molar-refractivity contribution in [3.05, 3.63) is 0 Å². The van der Waals surface area contributed by atoms with Crippen LogP contribution in [0.5, 0.6) is 0 Å². The largest absolute Gasteiger partial charge is 0.391 e. The lowest BCUT2D eigenvalue weighted by atomic mass is 9.92. The van der Waals surface area contributed by atoms with E-state index in [0.29, 0.717) is 6.61 Å². The maximum atomic E-state index is 11.5. The minimum atomic E-state index is -0.382. The second-order valence-corrected chi connectivity index (χ2v) is 4.79. The molecule has 1 aliphatic carbocycles. The van der Waals surface area contributed by atoms with Crippen molar-refractivity contribution in [1.29, 1.82) is 0 Å². The predicted molar refractivity (Wildman–Crippen MR) is 66.7 cm³/mol. The van der Waals surface area contributed by atoms with Crippen LogP contribution in [0.2, 0.25) is 0 Å². The first kappa shape index (κ1) is 14.5. The number of carbonyl (C=O) groups is 1. The number of hydrogen-bond acceptors (Lipinski definition) is 3. The average molecular weight is 243 g/mol. The smallest absolute Gasteiger partial charge is 0.246 e. The van der Waals surface area contributed by atoms with Crippen molar-refractivity contribution in [1.82, 2.24) is 5.32 Å². The molecule has 0 aromatic carbocycles. The van der Waals surface area contributed by atoms with Crippen LogP contribution < -0.4 is 5.32 Å². The minimum absolute atomic E-state index is 0.0736. The zero-order valence-corrected chi connectivity index (χ0v) is 10.8. The van der Waals surface area contributed by atoms with E-state index in [0.717, 1.165) is 44.9 Å². The lowest BCUT2D eigenvalue weighted by molar-refractivity contribution is -0.127. The van der Waals surface area contributed by atoms with Crippen LogP contribution in [0.4, 0.5) is 0 Å². The van der Waals surface area contributed by atoms with E-state index in [2.05, 4.69) is 12.2 Å². The summed E-state index contributed by atoms with van der Waals surface area (Å²) < 4.78 is 5.28. The molecular formula is C13H25NO3. The van der Waals surface area contributed by atoms with Crippen molar-refractivity contribution >= 4 is 5.91 Å². The minimum Gasteiger partial charge on any atom is -0.391 e. The number of aliphatic hydroxyl groups excluding tert-OH is 1. The van der Waals surface area contributed by atoms with E-state index < -0.39 is 0 Å². The summed E-state index contributed by atoms with van der Waals surface area (Å²) in [4.78, 5) is 11.5. The molecular weight excluding hydrogens is 218 g/mol. The van der Waals surface area contributed by atoms with E-state index in [1.54, 1.807) is 0 Å². The van der Waals surface area contributed by atoms with Crippen molar-refractivity contribution in [2.24, 2.45) is 0 Å². The molecule has 17 heavy (non-hydrogen) atoms. The summed E-state index contributed by atoms with van der Waals surface area (Å²) in [5.41, 5.74) is 0. The Morgan fingerprint density at radius 2 is 2.12 bits per heavy atom. The highest BCUT2D eigenvalue weighted by Gasteiger charge is 2.24. The number of nitrogens with one attached hydrogen (secondary N) is 1. The Balaban J connectivity index is 2.07. The zero-order chi connectivity index (χ0) is 12.5. The third-order valence-corrected chi connectivity index (χ3v) is 3.20. The molecule has 0 bridgehead atoms. The summed E-state index contributed by atoms with van der Waals surface area (Å²) >= 11 is 0. The van der Waals surface area contributed by atoms with Crippen molar-refractivity contribution in [2.75, 3.05) is 13.2 Å². The van der Waals surface area contributed by atoms with E-state index in [4.69, 9.17) is 4.74 Å². The van der Waals surface area contributed by atoms with Crippen molar-refractivity contribution in [3.63, 3.8) is 0 Å². The maximum absolute atomic E-state index is 11.5. The molecule has 0 spiro atoms. The number of unbranched alkanes of at least 4 members (excludes halogenated alkanes) is 2. The molecule has 0 heterocycles. The normalized spacial score (nSPS) is 24.6. The second kappa shape index (κ2) is 8.48. The molecule has 0 radical (unpaired) electrons. The number of carbonyl (C=O) groups excluding carboxylic acids is 1. The van der Waals surface area contributed by atoms with Gasteiger partial charge in [0.1, 0.15) is 6.61 Å². The van der Waals surface area contributed by atoms with Crippen LogP contribution in [0.1, 0.15) is 51.9 Å². The van der Waals surface area contributed by atoms with Gasteiger partial charge in [0.15, 0.2) is 0 Å². The molecule has 1 saturated carbocycles. The summed E-state index contributed by atoms with van der Waals surface area (Å²) in [5, 5.41) is 12.5. The van der Waals surface area contributed by atoms with Gasteiger partial charge < -0.3 is 15.2 Å². The molecule has 0 aromatic rings. The van der Waals surface area contributed by atoms with Gasteiger partial charge in [-0.15, -0.1) is 0 Å². The van der Waals surface area contributed by atoms with Gasteiger partial charge in [-0.05, 0) is 19.3 Å². The molecule has 100 valence electrons. The molecule has 2 N–H and O–H groups in total. The molecule has 2 unspecified atom stereocenters. The summed E-state index contributed by atoms with van der Waals surface area (Å²) in [5.74, 6) is -0.104. The fraction of sp³-hybridized carbons (Fsp3) is 0.923. The van der Waals surface area contributed by atoms with Gasteiger partial charge in [-0.3, -0.25) is 4.79 Å². The van der Waals surface area contributed by atoms with Gasteiger partial charge in [0.2, 0.25) is 5.91 Å². The molecule has 4 nitrogen and oxygen atoms in total. The molecule has 1 aliphatic rings. The van der Waals surface area contributed by atoms with Gasteiger partial charge in [0.25, 0.3) is 0 Å². The van der Waals surface area contributed by atoms with Crippen LogP contribution in [0.3, 0.4) is 0 Å². The monoisotopic (exact) mass is 243 g/mol. The highest BCUT2D eigenvalue weighted by Crippen LogP contribution is 2.18. The molecule has 1 amide bonds. The van der Waals surface area contributed by atoms with E-state index in [-0.39, 0.29) is 24.7 Å². The van der Waals surface area contributed by atoms with Gasteiger partial charge in [-0.25, -0.2) is 0 Å². The first-order valence-electron chi connectivity index (χ1n) is 6.79. The van der Waals surface area contributed by atoms with Gasteiger partial charge in [0, 0.05) is 6.61 Å². The second-order valence-electron chi connectivity index (χ2n) is 4.79. The van der Waals surface area contributed by atoms with Crippen molar-refractivity contribution in [2.45, 2.75) is 64.0 Å². The summed E-state index contributed by atoms with van der Waals surface area (Å²) in [6.07, 6.45) is 6.74. The molecule has 2 atom stereocenters. The Labute approximate surface area is 104 Å². The lowest BCUT2D eigenvalue weighted by Crippen LogP contribution is -2.46. The van der Waals surface area contributed by atoms with Crippen molar-refractivity contribution in [3.8, 4) is 0 Å². The summed E-state index contributed by atoms with van der Waals surface area (Å²) in [7, 11) is 0. The molecule has 1 fully saturated rings. The van der Waals surface area contributed by atoms with Crippen LogP contribution in [0, 0.1) is 0 Å². The Bertz CT molecular complexity index is 221. The summed E-state index contributed by atoms with van der Waals surface area (Å²) in [6, 6.07) is -0.0736. The molecule has 0 saturated heterocycles. The quantitative estimate of drug-likeness (QED) is 0.668. The third kappa shape index (κ3) is 6.03. The lowest BCUT2D eigenvalue weighted by Gasteiger charge is -2.28. The Morgan fingerprint density at radius 1 is 1.35 bits per heavy atom. The molecule has 0 aliphatic heterocycles. The molecule has 1 rings (SSSR count). The standard InChI is InChI=1S/C13H25NO3/c1-2-3-6-9-17-10-13(16)14-11-7-4-5-8-12(11)15/h11-12,15H,2-10H2,1H3,(H,14,16). The fourth-order valence-corrected chi connectivity index (χ4v) is 2.15. The number of ether oxygens (including phenoxy) is 1. The Hall–Kier alpha value is -0.610. The predicted octanol–water partition coefficient (Wildman–Crippen LogP) is 1.61. The van der Waals surface area contributed by atoms with E-state index in [1.807, 2.05) is 0 Å². The molecule has 0 aromatic heterocycles.